The zero-order valence-electron chi connectivity index (χ0n) is 17.1. The molecule has 1 aromatic heterocycles. The number of benzene rings is 2. The van der Waals surface area contributed by atoms with Crippen LogP contribution in [0, 0.1) is 11.3 Å². The van der Waals surface area contributed by atoms with Crippen LogP contribution in [-0.2, 0) is 11.2 Å². The van der Waals surface area contributed by atoms with Crippen molar-refractivity contribution >= 4 is 22.9 Å². The molecule has 7 heteroatoms. The highest BCUT2D eigenvalue weighted by molar-refractivity contribution is 6.01. The van der Waals surface area contributed by atoms with Crippen molar-refractivity contribution in [2.45, 2.75) is 6.42 Å². The van der Waals surface area contributed by atoms with Crippen LogP contribution >= 0.6 is 0 Å². The van der Waals surface area contributed by atoms with Crippen LogP contribution in [0.1, 0.15) is 11.1 Å². The Kier molecular flexibility index (Phi) is 6.60. The summed E-state index contributed by atoms with van der Waals surface area (Å²) in [5, 5.41) is 13.4. The number of fused-ring (bicyclic) bond motifs is 1. The van der Waals surface area contributed by atoms with Gasteiger partial charge in [-0.2, -0.15) is 5.26 Å². The smallest absolute Gasteiger partial charge is 0.261 e. The first-order valence-corrected chi connectivity index (χ1v) is 9.36. The molecule has 3 aromatic rings. The van der Waals surface area contributed by atoms with Crippen molar-refractivity contribution in [2.75, 3.05) is 27.9 Å². The quantitative estimate of drug-likeness (QED) is 0.442. The minimum atomic E-state index is -0.439. The van der Waals surface area contributed by atoms with E-state index < -0.39 is 5.91 Å². The number of nitrogens with one attached hydrogen (secondary N) is 2. The zero-order valence-corrected chi connectivity index (χ0v) is 17.1. The third-order valence-corrected chi connectivity index (χ3v) is 4.72. The summed E-state index contributed by atoms with van der Waals surface area (Å²) in [4.78, 5) is 15.7. The van der Waals surface area contributed by atoms with Gasteiger partial charge < -0.3 is 24.5 Å². The van der Waals surface area contributed by atoms with Crippen molar-refractivity contribution < 1.29 is 19.0 Å². The van der Waals surface area contributed by atoms with E-state index in [1.54, 1.807) is 12.1 Å². The molecule has 0 unspecified atom stereocenters. The van der Waals surface area contributed by atoms with Crippen LogP contribution in [0.4, 0.5) is 0 Å². The molecule has 7 nitrogen and oxygen atoms in total. The molecule has 0 fully saturated rings. The Bertz CT molecular complexity index is 1100. The van der Waals surface area contributed by atoms with Crippen molar-refractivity contribution in [3.05, 3.63) is 59.3 Å². The number of aromatic nitrogens is 1. The fourth-order valence-electron chi connectivity index (χ4n) is 3.24. The Morgan fingerprint density at radius 1 is 1.13 bits per heavy atom. The first-order chi connectivity index (χ1) is 14.6. The van der Waals surface area contributed by atoms with E-state index in [-0.39, 0.29) is 5.57 Å². The Labute approximate surface area is 174 Å². The average Bonchev–Trinajstić information content (AvgIpc) is 3.19. The molecule has 0 spiro atoms. The van der Waals surface area contributed by atoms with Gasteiger partial charge in [0.05, 0.1) is 21.3 Å². The van der Waals surface area contributed by atoms with Crippen LogP contribution in [0.25, 0.3) is 17.0 Å². The number of hydrogen-bond acceptors (Lipinski definition) is 5. The lowest BCUT2D eigenvalue weighted by Gasteiger charge is -2.13. The van der Waals surface area contributed by atoms with Crippen LogP contribution < -0.4 is 19.5 Å². The van der Waals surface area contributed by atoms with Gasteiger partial charge in [-0.15, -0.1) is 0 Å². The number of para-hydroxylation sites is 1. The maximum absolute atomic E-state index is 12.5. The van der Waals surface area contributed by atoms with Gasteiger partial charge in [0.25, 0.3) is 5.91 Å². The molecule has 2 N–H and O–H groups in total. The molecule has 0 atom stereocenters. The van der Waals surface area contributed by atoms with Crippen molar-refractivity contribution in [3.8, 4) is 23.3 Å². The number of carbonyl (C=O) groups excluding carboxylic acids is 1. The topological polar surface area (TPSA) is 96.4 Å². The Balaban J connectivity index is 1.73. The summed E-state index contributed by atoms with van der Waals surface area (Å²) >= 11 is 0. The predicted molar refractivity (Wildman–Crippen MR) is 115 cm³/mol. The lowest BCUT2D eigenvalue weighted by molar-refractivity contribution is -0.117. The summed E-state index contributed by atoms with van der Waals surface area (Å²) in [6.45, 7) is 0.412. The first kappa shape index (κ1) is 20.8. The van der Waals surface area contributed by atoms with Gasteiger partial charge in [-0.25, -0.2) is 0 Å². The highest BCUT2D eigenvalue weighted by Gasteiger charge is 2.15. The molecule has 0 aliphatic heterocycles. The highest BCUT2D eigenvalue weighted by Crippen LogP contribution is 2.38. The maximum Gasteiger partial charge on any atom is 0.261 e. The molecule has 0 aliphatic rings. The van der Waals surface area contributed by atoms with Crippen molar-refractivity contribution in [1.29, 1.82) is 5.26 Å². The molecule has 1 amide bonds. The summed E-state index contributed by atoms with van der Waals surface area (Å²) in [7, 11) is 4.53. The van der Waals surface area contributed by atoms with Gasteiger partial charge in [0.15, 0.2) is 11.5 Å². The van der Waals surface area contributed by atoms with Gasteiger partial charge in [0, 0.05) is 23.6 Å². The van der Waals surface area contributed by atoms with Gasteiger partial charge in [0.1, 0.15) is 11.6 Å². The molecular formula is C23H23N3O4. The number of methoxy groups -OCH3 is 3. The number of nitrogens with zero attached hydrogens (tertiary/aromatic N) is 1. The average molecular weight is 405 g/mol. The SMILES string of the molecule is COc1cc(/C=C(/C#N)C(=O)NCCc2c[nH]c3ccccc23)cc(OC)c1OC. The normalized spacial score (nSPS) is 11.1. The van der Waals surface area contributed by atoms with E-state index in [9.17, 15) is 10.1 Å². The fourth-order valence-corrected chi connectivity index (χ4v) is 3.24. The molecular weight excluding hydrogens is 382 g/mol. The zero-order chi connectivity index (χ0) is 21.5. The van der Waals surface area contributed by atoms with E-state index in [1.807, 2.05) is 36.5 Å². The third-order valence-electron chi connectivity index (χ3n) is 4.72. The van der Waals surface area contributed by atoms with Crippen LogP contribution in [-0.4, -0.2) is 38.8 Å². The minimum absolute atomic E-state index is 0.0109. The highest BCUT2D eigenvalue weighted by atomic mass is 16.5. The number of rotatable bonds is 8. The predicted octanol–water partition coefficient (Wildman–Crippen LogP) is 3.46. The summed E-state index contributed by atoms with van der Waals surface area (Å²) in [5.41, 5.74) is 2.74. The van der Waals surface area contributed by atoms with Crippen LogP contribution in [0.3, 0.4) is 0 Å². The Hall–Kier alpha value is -3.92. The number of H-pyrrole nitrogens is 1. The van der Waals surface area contributed by atoms with Crippen molar-refractivity contribution in [2.24, 2.45) is 0 Å². The largest absolute Gasteiger partial charge is 0.493 e. The number of ether oxygens (including phenoxy) is 3. The lowest BCUT2D eigenvalue weighted by Crippen LogP contribution is -2.26. The maximum atomic E-state index is 12.5. The Morgan fingerprint density at radius 3 is 2.47 bits per heavy atom. The summed E-state index contributed by atoms with van der Waals surface area (Å²) in [6, 6.07) is 13.3. The summed E-state index contributed by atoms with van der Waals surface area (Å²) in [6.07, 6.45) is 4.08. The second-order valence-electron chi connectivity index (χ2n) is 6.49. The van der Waals surface area contributed by atoms with Gasteiger partial charge in [-0.3, -0.25) is 4.79 Å². The molecule has 154 valence electrons. The van der Waals surface area contributed by atoms with Gasteiger partial charge in [-0.1, -0.05) is 18.2 Å². The number of carbonyl (C=O) groups is 1. The molecule has 0 saturated carbocycles. The van der Waals surface area contributed by atoms with E-state index in [1.165, 1.54) is 27.4 Å². The summed E-state index contributed by atoms with van der Waals surface area (Å²) in [5.74, 6) is 0.894. The van der Waals surface area contributed by atoms with Gasteiger partial charge >= 0.3 is 0 Å². The fraction of sp³-hybridized carbons (Fsp3) is 0.217. The van der Waals surface area contributed by atoms with E-state index >= 15 is 0 Å². The number of amides is 1. The van der Waals surface area contributed by atoms with Crippen molar-refractivity contribution in [1.82, 2.24) is 10.3 Å². The van der Waals surface area contributed by atoms with Crippen LogP contribution in [0.2, 0.25) is 0 Å². The van der Waals surface area contributed by atoms with E-state index in [2.05, 4.69) is 10.3 Å². The van der Waals surface area contributed by atoms with E-state index in [0.717, 1.165) is 16.5 Å². The van der Waals surface area contributed by atoms with Gasteiger partial charge in [0.2, 0.25) is 5.75 Å². The second-order valence-corrected chi connectivity index (χ2v) is 6.49. The van der Waals surface area contributed by atoms with E-state index in [0.29, 0.717) is 35.8 Å². The van der Waals surface area contributed by atoms with Crippen LogP contribution in [0.15, 0.2) is 48.2 Å². The molecule has 0 radical (unpaired) electrons. The van der Waals surface area contributed by atoms with Crippen molar-refractivity contribution in [3.63, 3.8) is 0 Å². The minimum Gasteiger partial charge on any atom is -0.493 e. The van der Waals surface area contributed by atoms with Crippen LogP contribution in [0.5, 0.6) is 17.2 Å². The summed E-state index contributed by atoms with van der Waals surface area (Å²) < 4.78 is 15.9. The molecule has 0 aliphatic carbocycles. The molecule has 0 bridgehead atoms. The number of aromatic amines is 1. The standard InChI is InChI=1S/C23H23N3O4/c1-28-20-11-15(12-21(29-2)22(20)30-3)10-17(13-24)23(27)25-9-8-16-14-26-19-7-5-4-6-18(16)19/h4-7,10-12,14,26H,8-9H2,1-3H3,(H,25,27)/b17-10-. The third kappa shape index (κ3) is 4.39. The number of hydrogen-bond donors (Lipinski definition) is 2. The Morgan fingerprint density at radius 2 is 1.83 bits per heavy atom. The second kappa shape index (κ2) is 9.52. The molecule has 0 saturated heterocycles. The molecule has 1 heterocycles. The van der Waals surface area contributed by atoms with E-state index in [4.69, 9.17) is 14.2 Å². The number of nitriles is 1. The molecule has 2 aromatic carbocycles. The first-order valence-electron chi connectivity index (χ1n) is 9.36. The lowest BCUT2D eigenvalue weighted by atomic mass is 10.1. The molecule has 3 rings (SSSR count). The van der Waals surface area contributed by atoms with Gasteiger partial charge in [-0.05, 0) is 41.8 Å². The molecule has 30 heavy (non-hydrogen) atoms. The monoisotopic (exact) mass is 405 g/mol.